The van der Waals surface area contributed by atoms with Crippen LogP contribution in [0.15, 0.2) is 30.6 Å². The lowest BCUT2D eigenvalue weighted by atomic mass is 10.1. The molecule has 1 aliphatic rings. The van der Waals surface area contributed by atoms with Crippen LogP contribution in [0.4, 0.5) is 0 Å². The SMILES string of the molecule is CC(NC1CCSC1)c1cccc(-n2cnnn2)c1. The van der Waals surface area contributed by atoms with Crippen molar-refractivity contribution in [1.82, 2.24) is 25.5 Å². The molecule has 5 nitrogen and oxygen atoms in total. The number of thioether (sulfide) groups is 1. The summed E-state index contributed by atoms with van der Waals surface area (Å²) >= 11 is 2.03. The Balaban J connectivity index is 1.75. The van der Waals surface area contributed by atoms with Crippen LogP contribution in [0.3, 0.4) is 0 Å². The van der Waals surface area contributed by atoms with Gasteiger partial charge in [0, 0.05) is 17.8 Å². The van der Waals surface area contributed by atoms with Crippen molar-refractivity contribution >= 4 is 11.8 Å². The summed E-state index contributed by atoms with van der Waals surface area (Å²) in [4.78, 5) is 0. The predicted molar refractivity (Wildman–Crippen MR) is 76.4 cm³/mol. The minimum absolute atomic E-state index is 0.347. The molecule has 1 saturated heterocycles. The van der Waals surface area contributed by atoms with Crippen molar-refractivity contribution in [2.24, 2.45) is 0 Å². The highest BCUT2D eigenvalue weighted by molar-refractivity contribution is 7.99. The summed E-state index contributed by atoms with van der Waals surface area (Å²) in [6.07, 6.45) is 2.88. The first-order chi connectivity index (χ1) is 9.33. The van der Waals surface area contributed by atoms with Gasteiger partial charge in [0.25, 0.3) is 0 Å². The van der Waals surface area contributed by atoms with Crippen LogP contribution in [-0.2, 0) is 0 Å². The summed E-state index contributed by atoms with van der Waals surface area (Å²) in [5.41, 5.74) is 2.27. The van der Waals surface area contributed by atoms with Crippen LogP contribution in [0.25, 0.3) is 5.69 Å². The van der Waals surface area contributed by atoms with Crippen molar-refractivity contribution in [3.8, 4) is 5.69 Å². The van der Waals surface area contributed by atoms with Crippen molar-refractivity contribution in [3.63, 3.8) is 0 Å². The number of benzene rings is 1. The van der Waals surface area contributed by atoms with E-state index in [1.165, 1.54) is 23.5 Å². The Morgan fingerprint density at radius 2 is 2.42 bits per heavy atom. The normalized spacial score (nSPS) is 20.6. The third kappa shape index (κ3) is 2.96. The van der Waals surface area contributed by atoms with Gasteiger partial charge < -0.3 is 5.32 Å². The number of nitrogens with one attached hydrogen (secondary N) is 1. The molecule has 2 heterocycles. The minimum Gasteiger partial charge on any atom is -0.307 e. The molecule has 0 bridgehead atoms. The van der Waals surface area contributed by atoms with Crippen LogP contribution >= 0.6 is 11.8 Å². The van der Waals surface area contributed by atoms with Crippen molar-refractivity contribution in [2.45, 2.75) is 25.4 Å². The van der Waals surface area contributed by atoms with Gasteiger partial charge in [-0.25, -0.2) is 4.68 Å². The van der Waals surface area contributed by atoms with Crippen LogP contribution in [0.2, 0.25) is 0 Å². The van der Waals surface area contributed by atoms with E-state index in [2.05, 4.69) is 39.9 Å². The molecule has 2 unspecified atom stereocenters. The molecule has 6 heteroatoms. The Kier molecular flexibility index (Phi) is 3.79. The molecule has 1 aromatic carbocycles. The predicted octanol–water partition coefficient (Wildman–Crippen LogP) is 1.82. The van der Waals surface area contributed by atoms with Gasteiger partial charge in [-0.2, -0.15) is 11.8 Å². The van der Waals surface area contributed by atoms with Crippen molar-refractivity contribution in [2.75, 3.05) is 11.5 Å². The molecule has 2 aromatic rings. The Morgan fingerprint density at radius 1 is 1.47 bits per heavy atom. The van der Waals surface area contributed by atoms with E-state index < -0.39 is 0 Å². The van der Waals surface area contributed by atoms with E-state index in [0.29, 0.717) is 12.1 Å². The Morgan fingerprint density at radius 3 is 3.16 bits per heavy atom. The van der Waals surface area contributed by atoms with Gasteiger partial charge in [0.1, 0.15) is 6.33 Å². The zero-order chi connectivity index (χ0) is 13.1. The molecule has 2 atom stereocenters. The number of tetrazole rings is 1. The second-order valence-electron chi connectivity index (χ2n) is 4.80. The molecule has 1 aliphatic heterocycles. The molecular formula is C13H17N5S. The number of hydrogen-bond donors (Lipinski definition) is 1. The number of nitrogens with zero attached hydrogens (tertiary/aromatic N) is 4. The third-order valence-corrected chi connectivity index (χ3v) is 4.56. The van der Waals surface area contributed by atoms with Crippen LogP contribution in [0.5, 0.6) is 0 Å². The summed E-state index contributed by atoms with van der Waals surface area (Å²) in [7, 11) is 0. The van der Waals surface area contributed by atoms with Gasteiger partial charge in [0.05, 0.1) is 5.69 Å². The van der Waals surface area contributed by atoms with Gasteiger partial charge in [-0.1, -0.05) is 12.1 Å². The zero-order valence-corrected chi connectivity index (χ0v) is 11.7. The molecule has 100 valence electrons. The Bertz CT molecular complexity index is 522. The van der Waals surface area contributed by atoms with Gasteiger partial charge in [-0.05, 0) is 47.2 Å². The number of hydrogen-bond acceptors (Lipinski definition) is 5. The Labute approximate surface area is 116 Å². The highest BCUT2D eigenvalue weighted by Crippen LogP contribution is 2.22. The standard InChI is InChI=1S/C13H17N5S/c1-10(15-12-5-6-19-8-12)11-3-2-4-13(7-11)18-9-14-16-17-18/h2-4,7,9-10,12,15H,5-6,8H2,1H3. The van der Waals surface area contributed by atoms with Gasteiger partial charge in [0.2, 0.25) is 0 Å². The summed E-state index contributed by atoms with van der Waals surface area (Å²) in [5, 5.41) is 14.9. The average Bonchev–Trinajstić information content (AvgIpc) is 3.12. The summed E-state index contributed by atoms with van der Waals surface area (Å²) in [5.74, 6) is 2.49. The highest BCUT2D eigenvalue weighted by atomic mass is 32.2. The van der Waals surface area contributed by atoms with E-state index in [1.807, 2.05) is 23.9 Å². The average molecular weight is 275 g/mol. The van der Waals surface area contributed by atoms with E-state index >= 15 is 0 Å². The smallest absolute Gasteiger partial charge is 0.143 e. The van der Waals surface area contributed by atoms with Crippen molar-refractivity contribution < 1.29 is 0 Å². The maximum atomic E-state index is 3.92. The first-order valence-electron chi connectivity index (χ1n) is 6.50. The summed E-state index contributed by atoms with van der Waals surface area (Å²) < 4.78 is 1.68. The summed E-state index contributed by atoms with van der Waals surface area (Å²) in [6, 6.07) is 9.33. The molecule has 19 heavy (non-hydrogen) atoms. The van der Waals surface area contributed by atoms with Gasteiger partial charge in [-0.3, -0.25) is 0 Å². The highest BCUT2D eigenvalue weighted by Gasteiger charge is 2.18. The van der Waals surface area contributed by atoms with E-state index in [-0.39, 0.29) is 0 Å². The molecule has 0 aliphatic carbocycles. The number of aromatic nitrogens is 4. The molecule has 3 rings (SSSR count). The molecule has 1 N–H and O–H groups in total. The summed E-state index contributed by atoms with van der Waals surface area (Å²) in [6.45, 7) is 2.21. The fourth-order valence-electron chi connectivity index (χ4n) is 2.33. The fraction of sp³-hybridized carbons (Fsp3) is 0.462. The van der Waals surface area contributed by atoms with Gasteiger partial charge in [0.15, 0.2) is 0 Å². The topological polar surface area (TPSA) is 55.6 Å². The molecule has 0 amide bonds. The van der Waals surface area contributed by atoms with Crippen LogP contribution in [0, 0.1) is 0 Å². The first kappa shape index (κ1) is 12.6. The van der Waals surface area contributed by atoms with E-state index in [9.17, 15) is 0 Å². The lowest BCUT2D eigenvalue weighted by Gasteiger charge is -2.19. The van der Waals surface area contributed by atoms with Crippen LogP contribution < -0.4 is 5.32 Å². The lowest BCUT2D eigenvalue weighted by molar-refractivity contribution is 0.486. The largest absolute Gasteiger partial charge is 0.307 e. The zero-order valence-electron chi connectivity index (χ0n) is 10.9. The van der Waals surface area contributed by atoms with E-state index in [4.69, 9.17) is 0 Å². The third-order valence-electron chi connectivity index (χ3n) is 3.40. The van der Waals surface area contributed by atoms with Crippen molar-refractivity contribution in [1.29, 1.82) is 0 Å². The van der Waals surface area contributed by atoms with Crippen LogP contribution in [-0.4, -0.2) is 37.8 Å². The quantitative estimate of drug-likeness (QED) is 0.922. The molecule has 1 fully saturated rings. The second kappa shape index (κ2) is 5.71. The van der Waals surface area contributed by atoms with E-state index in [1.54, 1.807) is 11.0 Å². The molecule has 1 aromatic heterocycles. The maximum absolute atomic E-state index is 3.92. The maximum Gasteiger partial charge on any atom is 0.143 e. The number of rotatable bonds is 4. The van der Waals surface area contributed by atoms with Gasteiger partial charge >= 0.3 is 0 Å². The minimum atomic E-state index is 0.347. The van der Waals surface area contributed by atoms with E-state index in [0.717, 1.165) is 5.69 Å². The van der Waals surface area contributed by atoms with Gasteiger partial charge in [-0.15, -0.1) is 5.10 Å². The molecule has 0 spiro atoms. The molecular weight excluding hydrogens is 258 g/mol. The van der Waals surface area contributed by atoms with Crippen molar-refractivity contribution in [3.05, 3.63) is 36.2 Å². The monoisotopic (exact) mass is 275 g/mol. The second-order valence-corrected chi connectivity index (χ2v) is 5.95. The fourth-order valence-corrected chi connectivity index (χ4v) is 3.50. The van der Waals surface area contributed by atoms with Crippen LogP contribution in [0.1, 0.15) is 24.9 Å². The Hall–Kier alpha value is -1.40. The lowest BCUT2D eigenvalue weighted by Crippen LogP contribution is -2.31. The molecule has 0 saturated carbocycles. The first-order valence-corrected chi connectivity index (χ1v) is 7.65. The molecule has 0 radical (unpaired) electrons.